The first-order valence-electron chi connectivity index (χ1n) is 19.8. The number of isocyanates is 2. The normalized spacial score (nSPS) is 10.8. The number of rotatable bonds is 31. The highest BCUT2D eigenvalue weighted by Crippen LogP contribution is 2.24. The number of esters is 2. The van der Waals surface area contributed by atoms with Crippen molar-refractivity contribution in [3.05, 3.63) is 25.3 Å². The summed E-state index contributed by atoms with van der Waals surface area (Å²) in [5.74, 6) is -1.34. The highest BCUT2D eigenvalue weighted by molar-refractivity contribution is 5.92. The lowest BCUT2D eigenvalue weighted by atomic mass is 9.94. The molecule has 0 fully saturated rings. The van der Waals surface area contributed by atoms with Crippen LogP contribution in [0.5, 0.6) is 0 Å². The maximum absolute atomic E-state index is 13.4. The van der Waals surface area contributed by atoms with Crippen molar-refractivity contribution in [2.24, 2.45) is 9.98 Å². The van der Waals surface area contributed by atoms with E-state index in [1.807, 2.05) is 13.8 Å². The van der Waals surface area contributed by atoms with Crippen LogP contribution in [-0.4, -0.2) is 122 Å². The highest BCUT2D eigenvalue weighted by Gasteiger charge is 2.37. The lowest BCUT2D eigenvalue weighted by Gasteiger charge is -2.36. The Hall–Kier alpha value is -5.34. The number of hydrogen-bond acceptors (Lipinski definition) is 14. The van der Waals surface area contributed by atoms with Gasteiger partial charge in [0.15, 0.2) is 0 Å². The Morgan fingerprint density at radius 2 is 1.09 bits per heavy atom. The molecular formula is C40H64N6O12. The minimum absolute atomic E-state index is 0.0907. The topological polar surface area (TPSA) is 229 Å². The van der Waals surface area contributed by atoms with Gasteiger partial charge in [-0.3, -0.25) is 0 Å². The number of urea groups is 2. The van der Waals surface area contributed by atoms with Crippen molar-refractivity contribution < 1.29 is 57.3 Å². The summed E-state index contributed by atoms with van der Waals surface area (Å²) in [6, 6.07) is -1.25. The predicted octanol–water partition coefficient (Wildman–Crippen LogP) is 6.43. The number of carbonyl (C=O) groups excluding carboxylic acids is 8. The molecular weight excluding hydrogens is 756 g/mol. The summed E-state index contributed by atoms with van der Waals surface area (Å²) in [7, 11) is 0. The summed E-state index contributed by atoms with van der Waals surface area (Å²) in [5.41, 5.74) is -1.42. The molecule has 0 aromatic carbocycles. The van der Waals surface area contributed by atoms with Gasteiger partial charge in [-0.1, -0.05) is 64.5 Å². The van der Waals surface area contributed by atoms with E-state index in [9.17, 15) is 38.4 Å². The lowest BCUT2D eigenvalue weighted by molar-refractivity contribution is -0.139. The van der Waals surface area contributed by atoms with Gasteiger partial charge < -0.3 is 29.6 Å². The van der Waals surface area contributed by atoms with Crippen molar-refractivity contribution in [2.45, 2.75) is 129 Å². The number of hydrogen-bond donors (Lipinski definition) is 2. The van der Waals surface area contributed by atoms with Crippen molar-refractivity contribution in [3.8, 4) is 0 Å². The van der Waals surface area contributed by atoms with Crippen LogP contribution in [0.3, 0.4) is 0 Å². The zero-order valence-corrected chi connectivity index (χ0v) is 34.8. The van der Waals surface area contributed by atoms with Crippen molar-refractivity contribution in [1.29, 1.82) is 0 Å². The third kappa shape index (κ3) is 25.7. The van der Waals surface area contributed by atoms with E-state index in [0.29, 0.717) is 70.9 Å². The Labute approximate surface area is 342 Å². The van der Waals surface area contributed by atoms with Crippen LogP contribution in [0.1, 0.15) is 118 Å². The number of unbranched alkanes of at least 4 members (excludes halogenated alkanes) is 9. The molecule has 2 N–H and O–H groups in total. The van der Waals surface area contributed by atoms with Crippen molar-refractivity contribution in [3.63, 3.8) is 0 Å². The Bertz CT molecular complexity index is 1410. The fourth-order valence-electron chi connectivity index (χ4n) is 5.47. The first-order valence-corrected chi connectivity index (χ1v) is 19.8. The van der Waals surface area contributed by atoms with E-state index in [-0.39, 0.29) is 39.5 Å². The lowest BCUT2D eigenvalue weighted by Crippen LogP contribution is -2.55. The van der Waals surface area contributed by atoms with E-state index in [4.69, 9.17) is 18.9 Å². The number of aliphatic imine (C=N–C) groups is 2. The third-order valence-corrected chi connectivity index (χ3v) is 8.69. The van der Waals surface area contributed by atoms with Crippen molar-refractivity contribution in [1.82, 2.24) is 20.4 Å². The van der Waals surface area contributed by atoms with Gasteiger partial charge in [0.1, 0.15) is 26.4 Å². The largest absolute Gasteiger partial charge is 0.459 e. The monoisotopic (exact) mass is 820 g/mol. The summed E-state index contributed by atoms with van der Waals surface area (Å²) in [5, 5.41) is 5.55. The summed E-state index contributed by atoms with van der Waals surface area (Å²) < 4.78 is 20.1. The molecule has 58 heavy (non-hydrogen) atoms. The van der Waals surface area contributed by atoms with E-state index >= 15 is 0 Å². The van der Waals surface area contributed by atoms with Gasteiger partial charge in [0.25, 0.3) is 0 Å². The van der Waals surface area contributed by atoms with Crippen LogP contribution in [0, 0.1) is 0 Å². The van der Waals surface area contributed by atoms with Crippen molar-refractivity contribution in [2.75, 3.05) is 52.6 Å². The minimum Gasteiger partial charge on any atom is -0.459 e. The molecule has 0 atom stereocenters. The Morgan fingerprint density at radius 1 is 0.603 bits per heavy atom. The molecule has 0 aromatic rings. The number of ether oxygens (including phenoxy) is 4. The molecule has 6 amide bonds. The zero-order chi connectivity index (χ0) is 43.7. The summed E-state index contributed by atoms with van der Waals surface area (Å²) >= 11 is 0. The molecule has 0 saturated carbocycles. The molecule has 0 aromatic heterocycles. The maximum Gasteiger partial charge on any atom is 0.418 e. The highest BCUT2D eigenvalue weighted by atomic mass is 16.6. The first-order chi connectivity index (χ1) is 27.6. The number of nitrogens with zero attached hydrogens (tertiary/aromatic N) is 4. The standard InChI is InChI=1S/C40H64N6O12/c1-7-33(49)55-27-29-57-37(53)45(26-20-14-13-17-23-41-31-47)35(51)42-24-18-12-10-16-22-40(5,6)46(38(54)58-30-28-56-34(50)8-2)36(52)43-25-19-11-9-15-21-39(3,4)44-32-48/h7-8H,1-2,9-30H2,3-6H3,(H,42,51)(H,43,52). The molecule has 0 rings (SSSR count). The fourth-order valence-corrected chi connectivity index (χ4v) is 5.47. The summed E-state index contributed by atoms with van der Waals surface area (Å²) in [6.45, 7) is 14.0. The fraction of sp³-hybridized carbons (Fsp3) is 0.700. The van der Waals surface area contributed by atoms with Crippen LogP contribution in [0.4, 0.5) is 19.2 Å². The van der Waals surface area contributed by atoms with Crippen LogP contribution < -0.4 is 10.6 Å². The average Bonchev–Trinajstić information content (AvgIpc) is 3.17. The third-order valence-electron chi connectivity index (χ3n) is 8.69. The molecule has 18 heteroatoms. The minimum atomic E-state index is -0.954. The molecule has 0 saturated heterocycles. The SMILES string of the molecule is C=CC(=O)OCCOC(=O)N(CCCCCCN=C=O)C(=O)NCCCCCCC(C)(C)N(C(=O)NCCCCCCC(C)(C)N=C=O)C(=O)OCCOC(=O)C=C. The molecule has 0 aliphatic rings. The van der Waals surface area contributed by atoms with Gasteiger partial charge in [0, 0.05) is 31.8 Å². The number of carbonyl (C=O) groups is 6. The average molecular weight is 821 g/mol. The second-order valence-electron chi connectivity index (χ2n) is 14.5. The molecule has 18 nitrogen and oxygen atoms in total. The second-order valence-corrected chi connectivity index (χ2v) is 14.5. The van der Waals surface area contributed by atoms with E-state index in [2.05, 4.69) is 33.8 Å². The molecule has 0 bridgehead atoms. The van der Waals surface area contributed by atoms with E-state index < -0.39 is 47.3 Å². The van der Waals surface area contributed by atoms with Gasteiger partial charge in [-0.05, 0) is 66.2 Å². The van der Waals surface area contributed by atoms with Gasteiger partial charge in [-0.15, -0.1) is 0 Å². The van der Waals surface area contributed by atoms with Crippen molar-refractivity contribution >= 4 is 48.3 Å². The first kappa shape index (κ1) is 52.7. The molecule has 0 aliphatic heterocycles. The molecule has 0 heterocycles. The molecule has 0 spiro atoms. The number of imide groups is 2. The number of amides is 6. The van der Waals surface area contributed by atoms with Gasteiger partial charge in [0.05, 0.1) is 17.6 Å². The molecule has 326 valence electrons. The number of nitrogens with one attached hydrogen (secondary N) is 2. The summed E-state index contributed by atoms with van der Waals surface area (Å²) in [4.78, 5) is 105. The smallest absolute Gasteiger partial charge is 0.418 e. The van der Waals surface area contributed by atoms with E-state index in [1.54, 1.807) is 19.9 Å². The van der Waals surface area contributed by atoms with Crippen LogP contribution in [-0.2, 0) is 38.1 Å². The molecule has 0 aliphatic carbocycles. The van der Waals surface area contributed by atoms with Crippen LogP contribution >= 0.6 is 0 Å². The Morgan fingerprint density at radius 3 is 1.64 bits per heavy atom. The quantitative estimate of drug-likeness (QED) is 0.0193. The summed E-state index contributed by atoms with van der Waals surface area (Å²) in [6.07, 6.45) is 12.9. The second kappa shape index (κ2) is 31.7. The van der Waals surface area contributed by atoms with Crippen LogP contribution in [0.25, 0.3) is 0 Å². The van der Waals surface area contributed by atoms with Crippen LogP contribution in [0.15, 0.2) is 35.3 Å². The molecule has 0 unspecified atom stereocenters. The van der Waals surface area contributed by atoms with Gasteiger partial charge in [0.2, 0.25) is 12.2 Å². The zero-order valence-electron chi connectivity index (χ0n) is 34.8. The molecule has 0 radical (unpaired) electrons. The van der Waals surface area contributed by atoms with Gasteiger partial charge in [-0.25, -0.2) is 53.1 Å². The van der Waals surface area contributed by atoms with E-state index in [1.165, 1.54) is 6.08 Å². The Kier molecular flexibility index (Phi) is 28.8. The van der Waals surface area contributed by atoms with Gasteiger partial charge in [-0.2, -0.15) is 4.99 Å². The Balaban J connectivity index is 5.11. The van der Waals surface area contributed by atoms with Gasteiger partial charge >= 0.3 is 36.2 Å². The van der Waals surface area contributed by atoms with E-state index in [0.717, 1.165) is 54.1 Å². The predicted molar refractivity (Wildman–Crippen MR) is 214 cm³/mol. The van der Waals surface area contributed by atoms with Crippen LogP contribution in [0.2, 0.25) is 0 Å². The maximum atomic E-state index is 13.4.